The number of amides is 1. The predicted octanol–water partition coefficient (Wildman–Crippen LogP) is 4.12. The standard InChI is InChI=1S/C23H20N4O2/c1-17-6-4-7-18(14-17)27-23(25-11-2-3-12-25)20-15-26(16-21(20)24-27)22(28)10-9-19-8-5-13-29-19/h2-14H,15-16H2,1H3. The Morgan fingerprint density at radius 1 is 1.10 bits per heavy atom. The molecule has 0 saturated carbocycles. The van der Waals surface area contributed by atoms with Crippen molar-refractivity contribution in [3.05, 3.63) is 95.8 Å². The van der Waals surface area contributed by atoms with E-state index in [1.807, 2.05) is 41.3 Å². The number of carbonyl (C=O) groups is 1. The van der Waals surface area contributed by atoms with Gasteiger partial charge in [-0.15, -0.1) is 0 Å². The number of benzene rings is 1. The maximum absolute atomic E-state index is 12.7. The van der Waals surface area contributed by atoms with Crippen LogP contribution in [0.1, 0.15) is 22.6 Å². The Morgan fingerprint density at radius 2 is 1.97 bits per heavy atom. The monoisotopic (exact) mass is 384 g/mol. The summed E-state index contributed by atoms with van der Waals surface area (Å²) in [6, 6.07) is 15.9. The Balaban J connectivity index is 1.49. The first-order valence-electron chi connectivity index (χ1n) is 9.51. The summed E-state index contributed by atoms with van der Waals surface area (Å²) in [5.74, 6) is 1.58. The van der Waals surface area contributed by atoms with Crippen LogP contribution < -0.4 is 0 Å². The fourth-order valence-electron chi connectivity index (χ4n) is 3.68. The molecule has 0 atom stereocenters. The molecule has 144 valence electrons. The zero-order valence-electron chi connectivity index (χ0n) is 16.0. The van der Waals surface area contributed by atoms with Gasteiger partial charge in [0.25, 0.3) is 0 Å². The third-order valence-corrected chi connectivity index (χ3v) is 5.07. The second kappa shape index (κ2) is 6.98. The highest BCUT2D eigenvalue weighted by molar-refractivity contribution is 5.91. The van der Waals surface area contributed by atoms with Crippen LogP contribution in [-0.4, -0.2) is 25.2 Å². The summed E-state index contributed by atoms with van der Waals surface area (Å²) in [7, 11) is 0. The van der Waals surface area contributed by atoms with Crippen molar-refractivity contribution in [1.29, 1.82) is 0 Å². The van der Waals surface area contributed by atoms with Crippen LogP contribution in [0.4, 0.5) is 0 Å². The molecule has 29 heavy (non-hydrogen) atoms. The van der Waals surface area contributed by atoms with E-state index in [1.165, 1.54) is 5.56 Å². The predicted molar refractivity (Wildman–Crippen MR) is 110 cm³/mol. The molecule has 0 spiro atoms. The smallest absolute Gasteiger partial charge is 0.247 e. The number of carbonyl (C=O) groups excluding carboxylic acids is 1. The summed E-state index contributed by atoms with van der Waals surface area (Å²) in [4.78, 5) is 14.5. The lowest BCUT2D eigenvalue weighted by atomic mass is 10.2. The number of hydrogen-bond donors (Lipinski definition) is 0. The fraction of sp³-hybridized carbons (Fsp3) is 0.130. The van der Waals surface area contributed by atoms with Gasteiger partial charge >= 0.3 is 0 Å². The third kappa shape index (κ3) is 3.18. The molecule has 0 fully saturated rings. The topological polar surface area (TPSA) is 56.2 Å². The molecule has 1 aliphatic rings. The van der Waals surface area contributed by atoms with Gasteiger partial charge in [-0.1, -0.05) is 12.1 Å². The summed E-state index contributed by atoms with van der Waals surface area (Å²) in [5.41, 5.74) is 4.19. The van der Waals surface area contributed by atoms with Gasteiger partial charge in [0.15, 0.2) is 0 Å². The van der Waals surface area contributed by atoms with Crippen LogP contribution in [0.5, 0.6) is 0 Å². The van der Waals surface area contributed by atoms with Crippen molar-refractivity contribution in [1.82, 2.24) is 19.2 Å². The van der Waals surface area contributed by atoms with Gasteiger partial charge in [0.2, 0.25) is 5.91 Å². The molecule has 0 bridgehead atoms. The minimum atomic E-state index is -0.0556. The van der Waals surface area contributed by atoms with Crippen LogP contribution in [-0.2, 0) is 17.9 Å². The van der Waals surface area contributed by atoms with E-state index < -0.39 is 0 Å². The van der Waals surface area contributed by atoms with Crippen molar-refractivity contribution >= 4 is 12.0 Å². The zero-order valence-corrected chi connectivity index (χ0v) is 16.0. The Kier molecular flexibility index (Phi) is 4.17. The molecule has 0 unspecified atom stereocenters. The van der Waals surface area contributed by atoms with Gasteiger partial charge in [0.1, 0.15) is 11.6 Å². The first-order valence-corrected chi connectivity index (χ1v) is 9.51. The number of rotatable bonds is 4. The van der Waals surface area contributed by atoms with E-state index in [0.29, 0.717) is 18.8 Å². The lowest BCUT2D eigenvalue weighted by Gasteiger charge is -2.16. The summed E-state index contributed by atoms with van der Waals surface area (Å²) in [6.45, 7) is 3.08. The lowest BCUT2D eigenvalue weighted by molar-refractivity contribution is -0.126. The second-order valence-corrected chi connectivity index (χ2v) is 7.13. The highest BCUT2D eigenvalue weighted by atomic mass is 16.3. The molecular weight excluding hydrogens is 364 g/mol. The highest BCUT2D eigenvalue weighted by Gasteiger charge is 2.30. The Labute approximate surface area is 168 Å². The summed E-state index contributed by atoms with van der Waals surface area (Å²) in [6.07, 6.45) is 8.84. The van der Waals surface area contributed by atoms with Gasteiger partial charge < -0.3 is 13.9 Å². The molecule has 1 aromatic carbocycles. The van der Waals surface area contributed by atoms with E-state index in [-0.39, 0.29) is 5.91 Å². The minimum absolute atomic E-state index is 0.0556. The van der Waals surface area contributed by atoms with Crippen LogP contribution in [0.15, 0.2) is 77.7 Å². The molecule has 3 aromatic heterocycles. The van der Waals surface area contributed by atoms with Crippen molar-refractivity contribution in [3.63, 3.8) is 0 Å². The second-order valence-electron chi connectivity index (χ2n) is 7.13. The normalized spacial score (nSPS) is 13.3. The van der Waals surface area contributed by atoms with Gasteiger partial charge in [-0.25, -0.2) is 4.68 Å². The number of aromatic nitrogens is 3. The minimum Gasteiger partial charge on any atom is -0.465 e. The molecule has 1 amide bonds. The summed E-state index contributed by atoms with van der Waals surface area (Å²) >= 11 is 0. The van der Waals surface area contributed by atoms with Crippen LogP contribution >= 0.6 is 0 Å². The van der Waals surface area contributed by atoms with E-state index in [2.05, 4.69) is 29.7 Å². The zero-order chi connectivity index (χ0) is 19.8. The molecule has 1 aliphatic heterocycles. The first-order chi connectivity index (χ1) is 14.2. The molecule has 6 heteroatoms. The van der Waals surface area contributed by atoms with Crippen molar-refractivity contribution in [3.8, 4) is 11.5 Å². The van der Waals surface area contributed by atoms with Crippen molar-refractivity contribution in [2.24, 2.45) is 0 Å². The van der Waals surface area contributed by atoms with E-state index in [9.17, 15) is 4.79 Å². The number of hydrogen-bond acceptors (Lipinski definition) is 3. The molecule has 0 aliphatic carbocycles. The SMILES string of the molecule is Cc1cccc(-n2nc3c(c2-n2cccc2)CN(C(=O)C=Cc2ccco2)C3)c1. The highest BCUT2D eigenvalue weighted by Crippen LogP contribution is 2.30. The Hall–Kier alpha value is -3.80. The molecule has 4 aromatic rings. The van der Waals surface area contributed by atoms with Crippen molar-refractivity contribution < 1.29 is 9.21 Å². The van der Waals surface area contributed by atoms with Gasteiger partial charge in [-0.05, 0) is 55.0 Å². The van der Waals surface area contributed by atoms with E-state index in [4.69, 9.17) is 9.52 Å². The van der Waals surface area contributed by atoms with Crippen molar-refractivity contribution in [2.75, 3.05) is 0 Å². The van der Waals surface area contributed by atoms with Gasteiger partial charge in [0.05, 0.1) is 30.7 Å². The maximum Gasteiger partial charge on any atom is 0.247 e. The Bertz CT molecular complexity index is 1180. The molecule has 0 radical (unpaired) electrons. The maximum atomic E-state index is 12.7. The summed E-state index contributed by atoms with van der Waals surface area (Å²) < 4.78 is 9.29. The van der Waals surface area contributed by atoms with Crippen LogP contribution in [0, 0.1) is 6.92 Å². The number of furan rings is 1. The average molecular weight is 384 g/mol. The summed E-state index contributed by atoms with van der Waals surface area (Å²) in [5, 5.41) is 4.86. The molecule has 5 rings (SSSR count). The number of aryl methyl sites for hydroxylation is 1. The van der Waals surface area contributed by atoms with E-state index in [0.717, 1.165) is 22.8 Å². The molecule has 4 heterocycles. The number of fused-ring (bicyclic) bond motifs is 1. The molecular formula is C23H20N4O2. The lowest BCUT2D eigenvalue weighted by Crippen LogP contribution is -2.24. The van der Waals surface area contributed by atoms with E-state index >= 15 is 0 Å². The van der Waals surface area contributed by atoms with E-state index in [1.54, 1.807) is 29.4 Å². The van der Waals surface area contributed by atoms with Crippen molar-refractivity contribution in [2.45, 2.75) is 20.0 Å². The fourth-order valence-corrected chi connectivity index (χ4v) is 3.68. The average Bonchev–Trinajstić information content (AvgIpc) is 3.50. The molecule has 0 N–H and O–H groups in total. The number of nitrogens with zero attached hydrogens (tertiary/aromatic N) is 4. The largest absolute Gasteiger partial charge is 0.465 e. The van der Waals surface area contributed by atoms with Crippen LogP contribution in [0.2, 0.25) is 0 Å². The van der Waals surface area contributed by atoms with Gasteiger partial charge in [-0.3, -0.25) is 4.79 Å². The molecule has 0 saturated heterocycles. The van der Waals surface area contributed by atoms with Crippen LogP contribution in [0.25, 0.3) is 17.6 Å². The van der Waals surface area contributed by atoms with Crippen LogP contribution in [0.3, 0.4) is 0 Å². The van der Waals surface area contributed by atoms with Gasteiger partial charge in [-0.2, -0.15) is 5.10 Å². The third-order valence-electron chi connectivity index (χ3n) is 5.07. The first kappa shape index (κ1) is 17.3. The molecule has 6 nitrogen and oxygen atoms in total. The Morgan fingerprint density at radius 3 is 2.72 bits per heavy atom. The van der Waals surface area contributed by atoms with Gasteiger partial charge in [0, 0.05) is 24.0 Å². The quantitative estimate of drug-likeness (QED) is 0.497.